The second-order valence-electron chi connectivity index (χ2n) is 9.86. The van der Waals surface area contributed by atoms with Gasteiger partial charge in [0, 0.05) is 12.5 Å². The molecule has 1 aromatic rings. The van der Waals surface area contributed by atoms with Gasteiger partial charge in [0.1, 0.15) is 0 Å². The smallest absolute Gasteiger partial charge is 0.266 e. The summed E-state index contributed by atoms with van der Waals surface area (Å²) < 4.78 is 28.6. The predicted octanol–water partition coefficient (Wildman–Crippen LogP) is 5.02. The number of carbonyl (C=O) groups is 1. The molecule has 6 heteroatoms. The minimum Gasteiger partial charge on any atom is -0.385 e. The van der Waals surface area contributed by atoms with Gasteiger partial charge in [-0.1, -0.05) is 55.3 Å². The molecule has 3 rings (SSSR count). The maximum atomic E-state index is 14.3. The molecular weight excluding hydrogens is 434 g/mol. The maximum Gasteiger partial charge on any atom is 0.266 e. The van der Waals surface area contributed by atoms with Gasteiger partial charge in [-0.25, -0.2) is 12.7 Å². The molecule has 180 valence electrons. The summed E-state index contributed by atoms with van der Waals surface area (Å²) in [5.74, 6) is -0.409. The van der Waals surface area contributed by atoms with Crippen LogP contribution >= 0.6 is 0 Å². The normalized spacial score (nSPS) is 30.1. The third-order valence-corrected chi connectivity index (χ3v) is 9.51. The molecule has 1 fully saturated rings. The van der Waals surface area contributed by atoms with Crippen LogP contribution in [0.1, 0.15) is 52.5 Å². The van der Waals surface area contributed by atoms with Crippen molar-refractivity contribution in [1.29, 1.82) is 0 Å². The number of benzene rings is 1. The topological polar surface area (TPSA) is 74.7 Å². The summed E-state index contributed by atoms with van der Waals surface area (Å²) in [6.07, 6.45) is 6.31. The number of carbonyl (C=O) groups excluding carboxylic acids is 1. The molecule has 5 nitrogen and oxygen atoms in total. The van der Waals surface area contributed by atoms with Crippen LogP contribution in [0, 0.1) is 30.1 Å². The molecule has 1 unspecified atom stereocenters. The van der Waals surface area contributed by atoms with Crippen molar-refractivity contribution in [3.8, 4) is 0 Å². The second kappa shape index (κ2) is 9.59. The fraction of sp³-hybridized carbons (Fsp3) is 0.519. The molecular formula is C27H37NO4S. The number of allylic oxidation sites excluding steroid dienone is 3. The lowest BCUT2D eigenvalue weighted by molar-refractivity contribution is -0.139. The first-order valence-electron chi connectivity index (χ1n) is 11.8. The molecule has 0 radical (unpaired) electrons. The Labute approximate surface area is 198 Å². The van der Waals surface area contributed by atoms with Crippen molar-refractivity contribution in [3.05, 3.63) is 65.8 Å². The van der Waals surface area contributed by atoms with E-state index in [1.54, 1.807) is 24.3 Å². The Bertz CT molecular complexity index is 1070. The lowest BCUT2D eigenvalue weighted by Crippen LogP contribution is -2.51. The number of nitrogens with zero attached hydrogens (tertiary/aromatic N) is 1. The Morgan fingerprint density at radius 1 is 1.18 bits per heavy atom. The number of aliphatic hydroxyl groups excluding tert-OH is 1. The average molecular weight is 472 g/mol. The van der Waals surface area contributed by atoms with Gasteiger partial charge in [0.25, 0.3) is 10.0 Å². The van der Waals surface area contributed by atoms with Gasteiger partial charge in [-0.3, -0.25) is 4.79 Å². The molecule has 5 atom stereocenters. The molecule has 1 aromatic carbocycles. The van der Waals surface area contributed by atoms with Crippen molar-refractivity contribution in [3.63, 3.8) is 0 Å². The lowest BCUT2D eigenvalue weighted by atomic mass is 9.59. The van der Waals surface area contributed by atoms with E-state index < -0.39 is 21.5 Å². The van der Waals surface area contributed by atoms with Crippen molar-refractivity contribution in [2.75, 3.05) is 6.54 Å². The molecule has 1 aliphatic carbocycles. The summed E-state index contributed by atoms with van der Waals surface area (Å²) in [4.78, 5) is 14.4. The van der Waals surface area contributed by atoms with Crippen LogP contribution in [0.5, 0.6) is 0 Å². The first kappa shape index (κ1) is 25.4. The number of sulfonamides is 1. The molecule has 1 spiro atoms. The first-order chi connectivity index (χ1) is 15.5. The molecule has 1 N–H and O–H groups in total. The van der Waals surface area contributed by atoms with Crippen LogP contribution in [-0.4, -0.2) is 36.4 Å². The Kier molecular flexibility index (Phi) is 7.39. The van der Waals surface area contributed by atoms with E-state index in [0.29, 0.717) is 19.3 Å². The van der Waals surface area contributed by atoms with Gasteiger partial charge < -0.3 is 5.11 Å². The highest BCUT2D eigenvalue weighted by Crippen LogP contribution is 2.53. The van der Waals surface area contributed by atoms with Crippen molar-refractivity contribution in [2.24, 2.45) is 23.2 Å². The number of amides is 1. The Balaban J connectivity index is 2.18. The van der Waals surface area contributed by atoms with Gasteiger partial charge in [0.05, 0.1) is 16.4 Å². The average Bonchev–Trinajstić information content (AvgIpc) is 2.87. The minimum absolute atomic E-state index is 0.0317. The van der Waals surface area contributed by atoms with Crippen molar-refractivity contribution in [2.45, 2.75) is 64.9 Å². The summed E-state index contributed by atoms with van der Waals surface area (Å²) in [6, 6.07) is 6.68. The van der Waals surface area contributed by atoms with Crippen LogP contribution in [0.15, 0.2) is 65.1 Å². The third kappa shape index (κ3) is 4.47. The second-order valence-corrected chi connectivity index (χ2v) is 11.7. The standard InChI is InChI=1S/C27H37NO4S/c1-7-9-24-21(6)23(25(29)8-2)14-15-27(24)16-19(4)20(5)17-28(26(27)30)33(31,32)22-12-10-18(3)11-13-22/h7-13,19-20,24-25,29H,2,14-17H2,1,3-6H3/b9-7-/t19-,20-,24-,25?,27+/m0/s1. The van der Waals surface area contributed by atoms with Gasteiger partial charge in [-0.2, -0.15) is 0 Å². The Morgan fingerprint density at radius 3 is 2.39 bits per heavy atom. The number of rotatable bonds is 5. The quantitative estimate of drug-likeness (QED) is 0.612. The van der Waals surface area contributed by atoms with Gasteiger partial charge in [-0.05, 0) is 69.6 Å². The molecule has 1 heterocycles. The molecule has 33 heavy (non-hydrogen) atoms. The van der Waals surface area contributed by atoms with E-state index in [-0.39, 0.29) is 35.1 Å². The number of aliphatic hydroxyl groups is 1. The fourth-order valence-electron chi connectivity index (χ4n) is 5.52. The van der Waals surface area contributed by atoms with E-state index in [1.165, 1.54) is 6.08 Å². The van der Waals surface area contributed by atoms with E-state index in [9.17, 15) is 18.3 Å². The minimum atomic E-state index is -4.00. The largest absolute Gasteiger partial charge is 0.385 e. The van der Waals surface area contributed by atoms with Gasteiger partial charge in [0.15, 0.2) is 0 Å². The fourth-order valence-corrected chi connectivity index (χ4v) is 7.08. The number of hydrogen-bond donors (Lipinski definition) is 1. The van der Waals surface area contributed by atoms with Crippen molar-refractivity contribution >= 4 is 15.9 Å². The van der Waals surface area contributed by atoms with Crippen molar-refractivity contribution in [1.82, 2.24) is 4.31 Å². The first-order valence-corrected chi connectivity index (χ1v) is 13.2. The molecule has 0 saturated carbocycles. The predicted molar refractivity (Wildman–Crippen MR) is 132 cm³/mol. The highest BCUT2D eigenvalue weighted by Gasteiger charge is 2.54. The number of aryl methyl sites for hydroxylation is 1. The summed E-state index contributed by atoms with van der Waals surface area (Å²) in [5.41, 5.74) is 1.91. The van der Waals surface area contributed by atoms with Gasteiger partial charge in [0.2, 0.25) is 5.91 Å². The van der Waals surface area contributed by atoms with Crippen LogP contribution in [-0.2, 0) is 14.8 Å². The zero-order valence-electron chi connectivity index (χ0n) is 20.4. The summed E-state index contributed by atoms with van der Waals surface area (Å²) in [7, 11) is -4.00. The molecule has 2 aliphatic rings. The zero-order valence-corrected chi connectivity index (χ0v) is 21.2. The highest BCUT2D eigenvalue weighted by atomic mass is 32.2. The summed E-state index contributed by atoms with van der Waals surface area (Å²) >= 11 is 0. The van der Waals surface area contributed by atoms with E-state index in [2.05, 4.69) is 13.5 Å². The maximum absolute atomic E-state index is 14.3. The van der Waals surface area contributed by atoms with E-state index in [4.69, 9.17) is 0 Å². The monoisotopic (exact) mass is 471 g/mol. The third-order valence-electron chi connectivity index (χ3n) is 7.75. The SMILES string of the molecule is C=CC(O)C1=C(C)[C@H](/C=C\C)[C@@]2(CC1)C[C@H](C)[C@@H](C)CN(S(=O)(=O)c1ccc(C)cc1)C2=O. The highest BCUT2D eigenvalue weighted by molar-refractivity contribution is 7.89. The molecule has 1 amide bonds. The Hall–Kier alpha value is -2.18. The van der Waals surface area contributed by atoms with Crippen LogP contribution in [0.2, 0.25) is 0 Å². The molecule has 1 saturated heterocycles. The van der Waals surface area contributed by atoms with E-state index >= 15 is 0 Å². The Morgan fingerprint density at radius 2 is 1.82 bits per heavy atom. The lowest BCUT2D eigenvalue weighted by Gasteiger charge is -2.45. The van der Waals surface area contributed by atoms with Gasteiger partial charge in [-0.15, -0.1) is 6.58 Å². The van der Waals surface area contributed by atoms with Crippen LogP contribution in [0.4, 0.5) is 0 Å². The van der Waals surface area contributed by atoms with Crippen molar-refractivity contribution < 1.29 is 18.3 Å². The summed E-state index contributed by atoms with van der Waals surface area (Å²) in [5, 5.41) is 10.5. The van der Waals surface area contributed by atoms with Crippen LogP contribution < -0.4 is 0 Å². The zero-order chi connectivity index (χ0) is 24.6. The molecule has 1 aliphatic heterocycles. The van der Waals surface area contributed by atoms with E-state index in [0.717, 1.165) is 21.0 Å². The molecule has 0 aromatic heterocycles. The summed E-state index contributed by atoms with van der Waals surface area (Å²) in [6.45, 7) is 13.8. The van der Waals surface area contributed by atoms with Gasteiger partial charge >= 0.3 is 0 Å². The number of hydrogen-bond acceptors (Lipinski definition) is 4. The van der Waals surface area contributed by atoms with E-state index in [1.807, 2.05) is 39.8 Å². The van der Waals surface area contributed by atoms with Crippen LogP contribution in [0.3, 0.4) is 0 Å². The van der Waals surface area contributed by atoms with Crippen LogP contribution in [0.25, 0.3) is 0 Å². The molecule has 0 bridgehead atoms.